The maximum absolute atomic E-state index is 12.5. The first-order valence-electron chi connectivity index (χ1n) is 4.52. The standard InChI is InChI=1S/C11H13F3/c1-8-4-3-5-10(11(12,13)14)9(2)7-6-8/h3-5H,6-7H2,1-2H3/b5-3-,8-4+,10-9+. The number of rotatable bonds is 0. The highest BCUT2D eigenvalue weighted by Crippen LogP contribution is 2.32. The molecule has 0 fully saturated rings. The molecule has 0 nitrogen and oxygen atoms in total. The summed E-state index contributed by atoms with van der Waals surface area (Å²) in [7, 11) is 0. The van der Waals surface area contributed by atoms with Crippen LogP contribution < -0.4 is 0 Å². The molecule has 0 aromatic carbocycles. The molecule has 0 unspecified atom stereocenters. The lowest BCUT2D eigenvalue weighted by atomic mass is 9.98. The first-order valence-corrected chi connectivity index (χ1v) is 4.52. The van der Waals surface area contributed by atoms with Gasteiger partial charge < -0.3 is 0 Å². The van der Waals surface area contributed by atoms with Crippen LogP contribution in [0.4, 0.5) is 13.2 Å². The van der Waals surface area contributed by atoms with Crippen LogP contribution in [0.15, 0.2) is 34.9 Å². The van der Waals surface area contributed by atoms with Gasteiger partial charge in [0.05, 0.1) is 5.57 Å². The lowest BCUT2D eigenvalue weighted by molar-refractivity contribution is -0.0891. The quantitative estimate of drug-likeness (QED) is 0.553. The maximum atomic E-state index is 12.5. The Labute approximate surface area is 81.8 Å². The monoisotopic (exact) mass is 202 g/mol. The predicted octanol–water partition coefficient (Wildman–Crippen LogP) is 4.16. The van der Waals surface area contributed by atoms with Crippen molar-refractivity contribution in [2.24, 2.45) is 0 Å². The van der Waals surface area contributed by atoms with Crippen molar-refractivity contribution < 1.29 is 13.2 Å². The Bertz CT molecular complexity index is 303. The Hall–Kier alpha value is -0.990. The maximum Gasteiger partial charge on any atom is 0.416 e. The fraction of sp³-hybridized carbons (Fsp3) is 0.455. The fourth-order valence-corrected chi connectivity index (χ4v) is 1.39. The first-order chi connectivity index (χ1) is 6.41. The van der Waals surface area contributed by atoms with Gasteiger partial charge in [-0.1, -0.05) is 29.4 Å². The molecule has 0 aromatic heterocycles. The lowest BCUT2D eigenvalue weighted by Crippen LogP contribution is -2.12. The van der Waals surface area contributed by atoms with E-state index in [4.69, 9.17) is 0 Å². The summed E-state index contributed by atoms with van der Waals surface area (Å²) in [5.41, 5.74) is 1.03. The van der Waals surface area contributed by atoms with Crippen molar-refractivity contribution in [3.05, 3.63) is 34.9 Å². The molecule has 0 radical (unpaired) electrons. The fourth-order valence-electron chi connectivity index (χ4n) is 1.39. The molecule has 0 aliphatic heterocycles. The van der Waals surface area contributed by atoms with Crippen molar-refractivity contribution in [1.29, 1.82) is 0 Å². The van der Waals surface area contributed by atoms with Gasteiger partial charge in [-0.25, -0.2) is 0 Å². The molecule has 14 heavy (non-hydrogen) atoms. The van der Waals surface area contributed by atoms with Crippen molar-refractivity contribution in [1.82, 2.24) is 0 Å². The van der Waals surface area contributed by atoms with Gasteiger partial charge in [0.2, 0.25) is 0 Å². The van der Waals surface area contributed by atoms with Gasteiger partial charge in [-0.2, -0.15) is 13.2 Å². The van der Waals surface area contributed by atoms with Gasteiger partial charge in [-0.05, 0) is 26.7 Å². The molecule has 0 saturated carbocycles. The summed E-state index contributed by atoms with van der Waals surface area (Å²) in [5, 5.41) is 0. The molecule has 1 rings (SSSR count). The van der Waals surface area contributed by atoms with E-state index in [2.05, 4.69) is 0 Å². The van der Waals surface area contributed by atoms with Crippen LogP contribution >= 0.6 is 0 Å². The van der Waals surface area contributed by atoms with Gasteiger partial charge in [-0.15, -0.1) is 0 Å². The van der Waals surface area contributed by atoms with E-state index in [0.29, 0.717) is 18.4 Å². The Morgan fingerprint density at radius 1 is 1.14 bits per heavy atom. The molecule has 0 amide bonds. The third-order valence-electron chi connectivity index (χ3n) is 2.30. The van der Waals surface area contributed by atoms with Crippen molar-refractivity contribution in [3.8, 4) is 0 Å². The average Bonchev–Trinajstić information content (AvgIpc) is 2.03. The van der Waals surface area contributed by atoms with Crippen LogP contribution in [-0.2, 0) is 0 Å². The smallest absolute Gasteiger partial charge is 0.166 e. The second-order valence-electron chi connectivity index (χ2n) is 3.56. The van der Waals surface area contributed by atoms with Crippen LogP contribution in [0.3, 0.4) is 0 Å². The van der Waals surface area contributed by atoms with Crippen LogP contribution in [0.5, 0.6) is 0 Å². The van der Waals surface area contributed by atoms with Gasteiger partial charge >= 0.3 is 6.18 Å². The molecule has 78 valence electrons. The number of halogens is 3. The summed E-state index contributed by atoms with van der Waals surface area (Å²) in [6.45, 7) is 3.47. The molecule has 3 heteroatoms. The Balaban J connectivity index is 3.03. The number of alkyl halides is 3. The SMILES string of the molecule is C\C1=C/C=C\C(C(F)(F)F)=C(\C)CC1. The van der Waals surface area contributed by atoms with E-state index in [1.807, 2.05) is 6.92 Å². The minimum Gasteiger partial charge on any atom is -0.166 e. The molecular formula is C11H13F3. The molecule has 0 bridgehead atoms. The average molecular weight is 202 g/mol. The van der Waals surface area contributed by atoms with Crippen LogP contribution in [0, 0.1) is 0 Å². The van der Waals surface area contributed by atoms with Gasteiger partial charge in [0.25, 0.3) is 0 Å². The molecule has 0 aromatic rings. The number of hydrogen-bond acceptors (Lipinski definition) is 0. The van der Waals surface area contributed by atoms with Gasteiger partial charge in [0.1, 0.15) is 0 Å². The van der Waals surface area contributed by atoms with Crippen molar-refractivity contribution >= 4 is 0 Å². The van der Waals surface area contributed by atoms with Gasteiger partial charge in [0, 0.05) is 0 Å². The summed E-state index contributed by atoms with van der Waals surface area (Å²) in [4.78, 5) is 0. The van der Waals surface area contributed by atoms with Gasteiger partial charge in [0.15, 0.2) is 0 Å². The number of hydrogen-bond donors (Lipinski definition) is 0. The number of allylic oxidation sites excluding steroid dienone is 6. The molecule has 0 atom stereocenters. The minimum atomic E-state index is -4.22. The summed E-state index contributed by atoms with van der Waals surface area (Å²) >= 11 is 0. The second-order valence-corrected chi connectivity index (χ2v) is 3.56. The summed E-state index contributed by atoms with van der Waals surface area (Å²) < 4.78 is 37.4. The van der Waals surface area contributed by atoms with Crippen molar-refractivity contribution in [2.75, 3.05) is 0 Å². The third kappa shape index (κ3) is 2.76. The van der Waals surface area contributed by atoms with E-state index in [-0.39, 0.29) is 0 Å². The lowest BCUT2D eigenvalue weighted by Gasteiger charge is -2.14. The highest BCUT2D eigenvalue weighted by Gasteiger charge is 2.33. The molecule has 0 spiro atoms. The Morgan fingerprint density at radius 2 is 1.79 bits per heavy atom. The van der Waals surface area contributed by atoms with Crippen molar-refractivity contribution in [3.63, 3.8) is 0 Å². The second kappa shape index (κ2) is 4.03. The topological polar surface area (TPSA) is 0 Å². The Morgan fingerprint density at radius 3 is 2.36 bits per heavy atom. The van der Waals surface area contributed by atoms with Gasteiger partial charge in [-0.3, -0.25) is 0 Å². The van der Waals surface area contributed by atoms with E-state index < -0.39 is 11.7 Å². The molecular weight excluding hydrogens is 189 g/mol. The zero-order valence-electron chi connectivity index (χ0n) is 8.28. The normalized spacial score (nSPS) is 30.2. The largest absolute Gasteiger partial charge is 0.416 e. The molecule has 0 heterocycles. The highest BCUT2D eigenvalue weighted by atomic mass is 19.4. The minimum absolute atomic E-state index is 0.418. The molecule has 1 aliphatic rings. The van der Waals surface area contributed by atoms with Crippen LogP contribution in [0.25, 0.3) is 0 Å². The molecule has 1 aliphatic carbocycles. The zero-order chi connectivity index (χ0) is 10.8. The predicted molar refractivity (Wildman–Crippen MR) is 50.9 cm³/mol. The first kappa shape index (κ1) is 11.1. The van der Waals surface area contributed by atoms with E-state index in [1.54, 1.807) is 13.0 Å². The summed E-state index contributed by atoms with van der Waals surface area (Å²) in [6, 6.07) is 0. The summed E-state index contributed by atoms with van der Waals surface area (Å²) in [5.74, 6) is 0. The highest BCUT2D eigenvalue weighted by molar-refractivity contribution is 5.33. The van der Waals surface area contributed by atoms with E-state index in [0.717, 1.165) is 11.6 Å². The summed E-state index contributed by atoms with van der Waals surface area (Å²) in [6.07, 6.45) is 1.33. The molecule has 0 saturated heterocycles. The Kier molecular flexibility index (Phi) is 3.19. The van der Waals surface area contributed by atoms with E-state index in [1.165, 1.54) is 6.08 Å². The van der Waals surface area contributed by atoms with E-state index >= 15 is 0 Å². The molecule has 0 N–H and O–H groups in total. The third-order valence-corrected chi connectivity index (χ3v) is 2.30. The van der Waals surface area contributed by atoms with E-state index in [9.17, 15) is 13.2 Å². The van der Waals surface area contributed by atoms with Crippen LogP contribution in [-0.4, -0.2) is 6.18 Å². The zero-order valence-corrected chi connectivity index (χ0v) is 8.28. The van der Waals surface area contributed by atoms with Crippen LogP contribution in [0.1, 0.15) is 26.7 Å². The van der Waals surface area contributed by atoms with Crippen molar-refractivity contribution in [2.45, 2.75) is 32.9 Å². The van der Waals surface area contributed by atoms with Crippen LogP contribution in [0.2, 0.25) is 0 Å².